The number of anilines is 5. The molecule has 0 aliphatic heterocycles. The van der Waals surface area contributed by atoms with Crippen LogP contribution in [0.3, 0.4) is 0 Å². The van der Waals surface area contributed by atoms with Crippen LogP contribution >= 0.6 is 0 Å². The van der Waals surface area contributed by atoms with Crippen molar-refractivity contribution in [1.82, 2.24) is 0 Å². The van der Waals surface area contributed by atoms with Crippen molar-refractivity contribution in [2.45, 2.75) is 19.6 Å². The zero-order valence-electron chi connectivity index (χ0n) is 28.0. The van der Waals surface area contributed by atoms with Crippen molar-refractivity contribution in [3.63, 3.8) is 0 Å². The Balaban J connectivity index is 0.00000351. The summed E-state index contributed by atoms with van der Waals surface area (Å²) in [6.07, 6.45) is 0.142. The minimum atomic E-state index is -5.41. The Bertz CT molecular complexity index is 2520. The first-order valence-corrected chi connectivity index (χ1v) is 18.6. The van der Waals surface area contributed by atoms with Crippen molar-refractivity contribution in [3.8, 4) is 0 Å². The fourth-order valence-electron chi connectivity index (χ4n) is 4.98. The van der Waals surface area contributed by atoms with Crippen molar-refractivity contribution in [3.05, 3.63) is 78.9 Å². The monoisotopic (exact) mass is 839 g/mol. The number of carbonyl (C=O) groups is 2. The Kier molecular flexibility index (Phi) is 17.5. The molecular weight excluding hydrogens is 823 g/mol. The fraction of sp³-hybridized carbons (Fsp3) is 0. The zero-order valence-corrected chi connectivity index (χ0v) is 39.2. The van der Waals surface area contributed by atoms with Crippen LogP contribution in [0, 0.1) is 0 Å². The molecule has 0 spiro atoms. The van der Waals surface area contributed by atoms with E-state index in [-0.39, 0.29) is 170 Å². The van der Waals surface area contributed by atoms with Crippen LogP contribution in [0.15, 0.2) is 98.4 Å². The Morgan fingerprint density at radius 2 is 0.792 bits per heavy atom. The van der Waals surface area contributed by atoms with Gasteiger partial charge in [-0.05, 0) is 88.3 Å². The number of carbonyl (C=O) groups excluding carboxylic acids is 2. The molecule has 0 radical (unpaired) electrons. The average molecular weight is 840 g/mol. The van der Waals surface area contributed by atoms with Gasteiger partial charge >= 0.3 is 118 Å². The first-order chi connectivity index (χ1) is 22.6. The van der Waals surface area contributed by atoms with E-state index >= 15 is 0 Å². The molecule has 0 saturated heterocycles. The van der Waals surface area contributed by atoms with E-state index in [1.165, 1.54) is 0 Å². The number of amides is 2. The first-order valence-electron chi connectivity index (χ1n) is 13.0. The van der Waals surface area contributed by atoms with Crippen LogP contribution < -0.4 is 134 Å². The van der Waals surface area contributed by atoms with Gasteiger partial charge < -0.3 is 23.9 Å². The third-order valence-corrected chi connectivity index (χ3v) is 10.5. The van der Waals surface area contributed by atoms with Crippen molar-refractivity contribution in [2.75, 3.05) is 15.5 Å². The molecule has 0 aromatic heterocycles. The van der Waals surface area contributed by atoms with Gasteiger partial charge in [-0.1, -0.05) is 12.1 Å². The van der Waals surface area contributed by atoms with Crippen LogP contribution in [-0.2, 0) is 50.1 Å². The smallest absolute Gasteiger partial charge is 0.744 e. The van der Waals surface area contributed by atoms with E-state index in [2.05, 4.69) is 0 Å². The molecule has 0 aliphatic carbocycles. The molecule has 2 amide bonds. The predicted octanol–water partition coefficient (Wildman–Crippen LogP) is -10.2. The van der Waals surface area contributed by atoms with E-state index < -0.39 is 71.4 Å². The summed E-state index contributed by atoms with van der Waals surface area (Å²) in [6, 6.07) is 12.5. The van der Waals surface area contributed by atoms with Crippen LogP contribution in [0.5, 0.6) is 0 Å². The van der Waals surface area contributed by atoms with Gasteiger partial charge in [0.05, 0.1) is 42.3 Å². The van der Waals surface area contributed by atoms with Crippen molar-refractivity contribution in [1.29, 1.82) is 0 Å². The third kappa shape index (κ3) is 11.1. The number of benzene rings is 5. The molecule has 256 valence electrons. The summed E-state index contributed by atoms with van der Waals surface area (Å²) in [5.41, 5.74) is 4.10. The van der Waals surface area contributed by atoms with Crippen LogP contribution in [0.1, 0.15) is 0 Å². The fourth-order valence-corrected chi connectivity index (χ4v) is 7.36. The maximum atomic E-state index is 12.5. The van der Waals surface area contributed by atoms with Gasteiger partial charge in [0.15, 0.2) is 0 Å². The molecule has 0 saturated carbocycles. The topological polar surface area (TPSA) is 295 Å². The third-order valence-electron chi connectivity index (χ3n) is 7.11. The summed E-state index contributed by atoms with van der Waals surface area (Å²) in [6.45, 7) is 0. The summed E-state index contributed by atoms with van der Waals surface area (Å²) in [5, 5.41) is -0.169. The number of fused-ring (bicyclic) bond motifs is 2. The van der Waals surface area contributed by atoms with Crippen LogP contribution in [0.4, 0.5) is 28.4 Å². The van der Waals surface area contributed by atoms with Gasteiger partial charge in [-0.25, -0.2) is 33.7 Å². The first kappa shape index (κ1) is 50.0. The van der Waals surface area contributed by atoms with Gasteiger partial charge in [-0.3, -0.25) is 19.4 Å². The largest absolute Gasteiger partial charge is 1.00 e. The number of rotatable bonds is 10. The molecule has 0 atom stereocenters. The van der Waals surface area contributed by atoms with E-state index in [0.717, 1.165) is 78.9 Å². The molecule has 5 rings (SSSR count). The second-order valence-electron chi connectivity index (χ2n) is 10.2. The van der Waals surface area contributed by atoms with Gasteiger partial charge in [0, 0.05) is 5.69 Å². The Hall–Kier alpha value is -1.000. The molecule has 2 N–H and O–H groups in total. The van der Waals surface area contributed by atoms with Gasteiger partial charge in [0.1, 0.15) is 40.5 Å². The van der Waals surface area contributed by atoms with Crippen LogP contribution in [0.2, 0.25) is 0 Å². The molecule has 0 unspecified atom stereocenters. The molecule has 53 heavy (non-hydrogen) atoms. The summed E-state index contributed by atoms with van der Waals surface area (Å²) in [4.78, 5) is 22.7. The second-order valence-corrected chi connectivity index (χ2v) is 15.7. The zero-order chi connectivity index (χ0) is 36.3. The number of nitrogens with zero attached hydrogens (tertiary/aromatic N) is 2. The summed E-state index contributed by atoms with van der Waals surface area (Å²) < 4.78 is 143. The molecule has 0 heterocycles. The van der Waals surface area contributed by atoms with Crippen molar-refractivity contribution in [2.24, 2.45) is 0 Å². The Morgan fingerprint density at radius 3 is 1.08 bits per heavy atom. The number of nitrogen functional groups attached to an aromatic ring is 1. The quantitative estimate of drug-likeness (QED) is 0.0591. The minimum Gasteiger partial charge on any atom is -0.744 e. The van der Waals surface area contributed by atoms with E-state index in [9.17, 15) is 61.5 Å². The van der Waals surface area contributed by atoms with Gasteiger partial charge in [0.2, 0.25) is 12.8 Å². The standard InChI is InChI=1S/C28H21N3O14S4.4Na/c29-20-11-21(30(14-32)25-7-16-1-3-23(46(34,35)36)5-18(16)9-27(25)48(40,41)42)13-22(12-20)31(15-33)26-8-17-2-4-24(47(37,38)39)6-19(17)10-28(26)49(43,44)45;;;;/h1-15H,29H2,(H,34,35,36)(H,37,38,39)(H,40,41,42)(H,43,44,45);;;;/q;4*+1/p-4. The predicted molar refractivity (Wildman–Crippen MR) is 167 cm³/mol. The molecule has 0 aliphatic rings. The minimum absolute atomic E-state index is 0. The van der Waals surface area contributed by atoms with Crippen molar-refractivity contribution >= 4 is 103 Å². The van der Waals surface area contributed by atoms with E-state index in [1.807, 2.05) is 0 Å². The van der Waals surface area contributed by atoms with Gasteiger partial charge in [-0.15, -0.1) is 0 Å². The van der Waals surface area contributed by atoms with Crippen molar-refractivity contribution < 1.29 is 180 Å². The maximum absolute atomic E-state index is 12.5. The van der Waals surface area contributed by atoms with E-state index in [0.29, 0.717) is 9.80 Å². The Morgan fingerprint density at radius 1 is 0.453 bits per heavy atom. The summed E-state index contributed by atoms with van der Waals surface area (Å²) in [5.74, 6) is 0. The molecule has 0 fully saturated rings. The average Bonchev–Trinajstić information content (AvgIpc) is 2.98. The SMILES string of the molecule is Nc1cc(N(C=O)c2cc3ccc(S(=O)(=O)[O-])cc3cc2S(=O)(=O)[O-])cc(N(C=O)c2cc3ccc(S(=O)(=O)[O-])cc3cc2S(=O)(=O)[O-])c1.[Na+].[Na+].[Na+].[Na+]. The molecule has 17 nitrogen and oxygen atoms in total. The van der Waals surface area contributed by atoms with Gasteiger partial charge in [0.25, 0.3) is 0 Å². The molecule has 25 heteroatoms. The molecule has 5 aromatic rings. The summed E-state index contributed by atoms with van der Waals surface area (Å²) in [7, 11) is -20.8. The molecule has 0 bridgehead atoms. The number of hydrogen-bond acceptors (Lipinski definition) is 15. The second kappa shape index (κ2) is 18.5. The molecular formula is C28H17N3Na4O14S4. The van der Waals surface area contributed by atoms with E-state index in [1.54, 1.807) is 0 Å². The number of nitrogens with two attached hydrogens (primary N) is 1. The summed E-state index contributed by atoms with van der Waals surface area (Å²) >= 11 is 0. The van der Waals surface area contributed by atoms with Crippen LogP contribution in [-0.4, -0.2) is 64.7 Å². The molecule has 5 aromatic carbocycles. The van der Waals surface area contributed by atoms with Gasteiger partial charge in [-0.2, -0.15) is 0 Å². The Labute approximate surface area is 391 Å². The van der Waals surface area contributed by atoms with E-state index in [4.69, 9.17) is 5.73 Å². The normalized spacial score (nSPS) is 11.6. The maximum Gasteiger partial charge on any atom is 1.00 e. The van der Waals surface area contributed by atoms with Crippen LogP contribution in [0.25, 0.3) is 21.5 Å². The number of hydrogen-bond donors (Lipinski definition) is 1.